The standard InChI is InChI=1S/C20H23N3O5S2/c1-14(24)15-9-11-16(12-10-15)30(27,28)23(4)13-19(25)21-17-7-5-6-8-18(17)29-20(26)22(2)3/h5-12H,13H2,1-4H3,(H,21,25). The van der Waals surface area contributed by atoms with Crippen molar-refractivity contribution in [2.24, 2.45) is 0 Å². The fraction of sp³-hybridized carbons (Fsp3) is 0.250. The van der Waals surface area contributed by atoms with Gasteiger partial charge in [-0.2, -0.15) is 4.31 Å². The maximum Gasteiger partial charge on any atom is 0.286 e. The summed E-state index contributed by atoms with van der Waals surface area (Å²) in [5, 5.41) is 2.45. The van der Waals surface area contributed by atoms with Crippen molar-refractivity contribution in [1.82, 2.24) is 9.21 Å². The second-order valence-corrected chi connectivity index (χ2v) is 9.69. The van der Waals surface area contributed by atoms with Gasteiger partial charge in [-0.15, -0.1) is 0 Å². The largest absolute Gasteiger partial charge is 0.339 e. The van der Waals surface area contributed by atoms with Crippen LogP contribution in [0.1, 0.15) is 17.3 Å². The number of sulfonamides is 1. The van der Waals surface area contributed by atoms with Crippen LogP contribution in [-0.4, -0.2) is 62.2 Å². The summed E-state index contributed by atoms with van der Waals surface area (Å²) in [4.78, 5) is 37.7. The molecule has 0 fully saturated rings. The summed E-state index contributed by atoms with van der Waals surface area (Å²) >= 11 is 0.958. The molecule has 160 valence electrons. The van der Waals surface area contributed by atoms with Crippen molar-refractivity contribution in [1.29, 1.82) is 0 Å². The van der Waals surface area contributed by atoms with Gasteiger partial charge in [0.1, 0.15) is 0 Å². The maximum absolute atomic E-state index is 12.7. The second-order valence-electron chi connectivity index (χ2n) is 6.65. The van der Waals surface area contributed by atoms with Crippen molar-refractivity contribution in [2.75, 3.05) is 33.0 Å². The number of likely N-dealkylation sites (N-methyl/N-ethyl adjacent to an activating group) is 1. The minimum atomic E-state index is -3.91. The molecule has 1 N–H and O–H groups in total. The lowest BCUT2D eigenvalue weighted by Crippen LogP contribution is -2.35. The quantitative estimate of drug-likeness (QED) is 0.515. The molecule has 0 bridgehead atoms. The van der Waals surface area contributed by atoms with Crippen molar-refractivity contribution in [3.8, 4) is 0 Å². The van der Waals surface area contributed by atoms with Crippen LogP contribution in [0.5, 0.6) is 0 Å². The molecule has 0 aliphatic heterocycles. The van der Waals surface area contributed by atoms with E-state index in [0.717, 1.165) is 16.1 Å². The number of hydrogen-bond acceptors (Lipinski definition) is 6. The number of para-hydroxylation sites is 1. The lowest BCUT2D eigenvalue weighted by Gasteiger charge is -2.18. The highest BCUT2D eigenvalue weighted by molar-refractivity contribution is 8.13. The Hall–Kier alpha value is -2.69. The van der Waals surface area contributed by atoms with Gasteiger partial charge >= 0.3 is 0 Å². The molecule has 30 heavy (non-hydrogen) atoms. The molecule has 0 aliphatic carbocycles. The number of carbonyl (C=O) groups is 3. The van der Waals surface area contributed by atoms with Crippen LogP contribution in [0.3, 0.4) is 0 Å². The molecule has 8 nitrogen and oxygen atoms in total. The van der Waals surface area contributed by atoms with Crippen LogP contribution in [0.15, 0.2) is 58.3 Å². The van der Waals surface area contributed by atoms with E-state index in [1.54, 1.807) is 38.4 Å². The summed E-state index contributed by atoms with van der Waals surface area (Å²) in [6.07, 6.45) is 0. The van der Waals surface area contributed by atoms with Crippen LogP contribution < -0.4 is 5.32 Å². The lowest BCUT2D eigenvalue weighted by atomic mass is 10.2. The third-order valence-corrected chi connectivity index (χ3v) is 6.99. The highest BCUT2D eigenvalue weighted by Crippen LogP contribution is 2.28. The molecule has 0 atom stereocenters. The number of amides is 2. The molecule has 0 heterocycles. The summed E-state index contributed by atoms with van der Waals surface area (Å²) in [5.41, 5.74) is 0.815. The molecule has 0 saturated carbocycles. The smallest absolute Gasteiger partial charge is 0.286 e. The Kier molecular flexibility index (Phi) is 7.77. The molecule has 0 spiro atoms. The van der Waals surface area contributed by atoms with Crippen LogP contribution >= 0.6 is 11.8 Å². The van der Waals surface area contributed by atoms with Gasteiger partial charge in [-0.05, 0) is 43.0 Å². The molecule has 2 aromatic rings. The first-order valence-electron chi connectivity index (χ1n) is 8.87. The molecule has 0 unspecified atom stereocenters. The molecule has 10 heteroatoms. The first-order chi connectivity index (χ1) is 14.0. The molecular weight excluding hydrogens is 426 g/mol. The predicted octanol–water partition coefficient (Wildman–Crippen LogP) is 2.92. The number of rotatable bonds is 7. The van der Waals surface area contributed by atoms with E-state index in [4.69, 9.17) is 0 Å². The van der Waals surface area contributed by atoms with E-state index >= 15 is 0 Å². The molecule has 0 radical (unpaired) electrons. The number of nitrogens with one attached hydrogen (secondary N) is 1. The third kappa shape index (κ3) is 5.91. The Labute approximate surface area is 180 Å². The van der Waals surface area contributed by atoms with Crippen LogP contribution in [0, 0.1) is 0 Å². The topological polar surface area (TPSA) is 104 Å². The molecule has 2 aromatic carbocycles. The Morgan fingerprint density at radius 3 is 2.13 bits per heavy atom. The van der Waals surface area contributed by atoms with Crippen LogP contribution in [-0.2, 0) is 14.8 Å². The number of nitrogens with zero attached hydrogens (tertiary/aromatic N) is 2. The van der Waals surface area contributed by atoms with Gasteiger partial charge in [0, 0.05) is 31.6 Å². The normalized spacial score (nSPS) is 11.2. The van der Waals surface area contributed by atoms with E-state index in [1.165, 1.54) is 43.1 Å². The summed E-state index contributed by atoms with van der Waals surface area (Å²) in [6.45, 7) is 0.972. The lowest BCUT2D eigenvalue weighted by molar-refractivity contribution is -0.116. The molecule has 2 amide bonds. The van der Waals surface area contributed by atoms with Gasteiger partial charge in [-0.25, -0.2) is 8.42 Å². The number of Topliss-reactive ketones (excluding diaryl/α,β-unsaturated/α-hetero) is 1. The maximum atomic E-state index is 12.7. The number of thioether (sulfide) groups is 1. The molecular formula is C20H23N3O5S2. The zero-order chi connectivity index (χ0) is 22.5. The van der Waals surface area contributed by atoms with Gasteiger partial charge in [0.05, 0.1) is 17.1 Å². The second kappa shape index (κ2) is 9.88. The van der Waals surface area contributed by atoms with E-state index < -0.39 is 22.5 Å². The monoisotopic (exact) mass is 449 g/mol. The minimum absolute atomic E-state index is 0.0182. The van der Waals surface area contributed by atoms with Gasteiger partial charge in [-0.3, -0.25) is 14.4 Å². The van der Waals surface area contributed by atoms with Gasteiger partial charge in [0.15, 0.2) is 5.78 Å². The Morgan fingerprint density at radius 1 is 0.967 bits per heavy atom. The highest BCUT2D eigenvalue weighted by Gasteiger charge is 2.23. The van der Waals surface area contributed by atoms with Crippen molar-refractivity contribution in [3.05, 3.63) is 54.1 Å². The molecule has 2 rings (SSSR count). The van der Waals surface area contributed by atoms with Crippen LogP contribution in [0.2, 0.25) is 0 Å². The van der Waals surface area contributed by atoms with Crippen molar-refractivity contribution < 1.29 is 22.8 Å². The summed E-state index contributed by atoms with van der Waals surface area (Å²) in [5.74, 6) is -0.720. The summed E-state index contributed by atoms with van der Waals surface area (Å²) in [6, 6.07) is 12.3. The fourth-order valence-electron chi connectivity index (χ4n) is 2.36. The fourth-order valence-corrected chi connectivity index (χ4v) is 4.24. The van der Waals surface area contributed by atoms with Gasteiger partial charge < -0.3 is 10.2 Å². The molecule has 0 aliphatic rings. The van der Waals surface area contributed by atoms with E-state index in [-0.39, 0.29) is 15.9 Å². The van der Waals surface area contributed by atoms with Crippen molar-refractivity contribution in [2.45, 2.75) is 16.7 Å². The van der Waals surface area contributed by atoms with E-state index in [2.05, 4.69) is 5.32 Å². The number of carbonyl (C=O) groups excluding carboxylic acids is 3. The summed E-state index contributed by atoms with van der Waals surface area (Å²) < 4.78 is 26.3. The predicted molar refractivity (Wildman–Crippen MR) is 116 cm³/mol. The minimum Gasteiger partial charge on any atom is -0.339 e. The number of hydrogen-bond donors (Lipinski definition) is 1. The number of anilines is 1. The zero-order valence-electron chi connectivity index (χ0n) is 17.1. The first-order valence-corrected chi connectivity index (χ1v) is 11.1. The summed E-state index contributed by atoms with van der Waals surface area (Å²) in [7, 11) is 0.630. The average Bonchev–Trinajstić information content (AvgIpc) is 2.69. The van der Waals surface area contributed by atoms with E-state index in [9.17, 15) is 22.8 Å². The number of benzene rings is 2. The molecule has 0 saturated heterocycles. The Morgan fingerprint density at radius 2 is 1.57 bits per heavy atom. The van der Waals surface area contributed by atoms with Gasteiger partial charge in [0.25, 0.3) is 5.24 Å². The van der Waals surface area contributed by atoms with Gasteiger partial charge in [-0.1, -0.05) is 24.3 Å². The van der Waals surface area contributed by atoms with Crippen LogP contribution in [0.25, 0.3) is 0 Å². The van der Waals surface area contributed by atoms with E-state index in [1.807, 2.05) is 0 Å². The van der Waals surface area contributed by atoms with Gasteiger partial charge in [0.2, 0.25) is 15.9 Å². The zero-order valence-corrected chi connectivity index (χ0v) is 18.7. The van der Waals surface area contributed by atoms with E-state index in [0.29, 0.717) is 16.1 Å². The average molecular weight is 450 g/mol. The Bertz CT molecular complexity index is 1050. The SMILES string of the molecule is CC(=O)c1ccc(S(=O)(=O)N(C)CC(=O)Nc2ccccc2SC(=O)N(C)C)cc1. The Balaban J connectivity index is 2.11. The highest BCUT2D eigenvalue weighted by atomic mass is 32.2. The van der Waals surface area contributed by atoms with Crippen molar-refractivity contribution >= 4 is 44.4 Å². The van der Waals surface area contributed by atoms with Crippen LogP contribution in [0.4, 0.5) is 10.5 Å². The van der Waals surface area contributed by atoms with Crippen molar-refractivity contribution in [3.63, 3.8) is 0 Å². The number of ketones is 1. The molecule has 0 aromatic heterocycles. The first kappa shape index (κ1) is 23.6. The third-order valence-electron chi connectivity index (χ3n) is 4.06.